The Kier molecular flexibility index (Phi) is 5.96. The molecule has 0 spiro atoms. The van der Waals surface area contributed by atoms with Gasteiger partial charge in [0, 0.05) is 12.0 Å². The third-order valence-corrected chi connectivity index (χ3v) is 3.13. The Balaban J connectivity index is 3.21. The molecule has 0 bridgehead atoms. The van der Waals surface area contributed by atoms with E-state index in [-0.39, 0.29) is 11.4 Å². The number of hydrogen-bond acceptors (Lipinski definition) is 3. The standard InChI is InChI=1S/C15H24O3/c1-4-7-10-13-11(8-5-2)14(16)12(9-6-3)15(17)18-13/h16H,4-10H2,1-3H3. The molecular weight excluding hydrogens is 228 g/mol. The summed E-state index contributed by atoms with van der Waals surface area (Å²) in [4.78, 5) is 11.8. The number of hydrogen-bond donors (Lipinski definition) is 1. The molecule has 0 aromatic carbocycles. The van der Waals surface area contributed by atoms with Crippen molar-refractivity contribution in [1.29, 1.82) is 0 Å². The first-order chi connectivity index (χ1) is 8.65. The van der Waals surface area contributed by atoms with E-state index in [1.165, 1.54) is 0 Å². The molecule has 0 saturated carbocycles. The Labute approximate surface area is 109 Å². The normalized spacial score (nSPS) is 10.8. The highest BCUT2D eigenvalue weighted by Crippen LogP contribution is 2.26. The third kappa shape index (κ3) is 3.37. The first-order valence-electron chi connectivity index (χ1n) is 7.02. The Bertz CT molecular complexity index is 432. The van der Waals surface area contributed by atoms with E-state index in [1.807, 2.05) is 6.92 Å². The van der Waals surface area contributed by atoms with Crippen LogP contribution in [0, 0.1) is 0 Å². The van der Waals surface area contributed by atoms with Gasteiger partial charge in [-0.25, -0.2) is 4.79 Å². The predicted molar refractivity (Wildman–Crippen MR) is 73.2 cm³/mol. The summed E-state index contributed by atoms with van der Waals surface area (Å²) >= 11 is 0. The predicted octanol–water partition coefficient (Wildman–Crippen LogP) is 3.59. The molecule has 1 rings (SSSR count). The Hall–Kier alpha value is -1.25. The van der Waals surface area contributed by atoms with Crippen LogP contribution in [-0.4, -0.2) is 5.11 Å². The molecule has 0 aliphatic rings. The third-order valence-electron chi connectivity index (χ3n) is 3.13. The molecule has 1 heterocycles. The highest BCUT2D eigenvalue weighted by atomic mass is 16.4. The molecule has 0 atom stereocenters. The van der Waals surface area contributed by atoms with Crippen LogP contribution in [0.2, 0.25) is 0 Å². The largest absolute Gasteiger partial charge is 0.507 e. The molecule has 0 saturated heterocycles. The molecule has 0 unspecified atom stereocenters. The van der Waals surface area contributed by atoms with Gasteiger partial charge >= 0.3 is 5.63 Å². The van der Waals surface area contributed by atoms with Crippen molar-refractivity contribution in [2.24, 2.45) is 0 Å². The monoisotopic (exact) mass is 252 g/mol. The summed E-state index contributed by atoms with van der Waals surface area (Å²) in [6.07, 6.45) is 5.88. The number of unbranched alkanes of at least 4 members (excludes halogenated alkanes) is 1. The van der Waals surface area contributed by atoms with Crippen LogP contribution in [0.4, 0.5) is 0 Å². The van der Waals surface area contributed by atoms with E-state index >= 15 is 0 Å². The molecule has 1 N–H and O–H groups in total. The van der Waals surface area contributed by atoms with E-state index in [4.69, 9.17) is 4.42 Å². The lowest BCUT2D eigenvalue weighted by Crippen LogP contribution is -2.12. The molecule has 0 fully saturated rings. The van der Waals surface area contributed by atoms with Crippen LogP contribution in [0.3, 0.4) is 0 Å². The fourth-order valence-electron chi connectivity index (χ4n) is 2.16. The summed E-state index contributed by atoms with van der Waals surface area (Å²) in [7, 11) is 0. The molecule has 3 nitrogen and oxygen atoms in total. The second-order valence-corrected chi connectivity index (χ2v) is 4.72. The quantitative estimate of drug-likeness (QED) is 0.806. The maximum Gasteiger partial charge on any atom is 0.342 e. The zero-order chi connectivity index (χ0) is 13.5. The Morgan fingerprint density at radius 3 is 2.11 bits per heavy atom. The lowest BCUT2D eigenvalue weighted by molar-refractivity contribution is 0.397. The van der Waals surface area contributed by atoms with Crippen LogP contribution in [-0.2, 0) is 19.3 Å². The lowest BCUT2D eigenvalue weighted by Gasteiger charge is -2.12. The topological polar surface area (TPSA) is 50.4 Å². The van der Waals surface area contributed by atoms with Crippen molar-refractivity contribution in [1.82, 2.24) is 0 Å². The van der Waals surface area contributed by atoms with Crippen molar-refractivity contribution in [2.75, 3.05) is 0 Å². The number of aryl methyl sites for hydroxylation is 1. The average molecular weight is 252 g/mol. The van der Waals surface area contributed by atoms with E-state index < -0.39 is 0 Å². The van der Waals surface area contributed by atoms with Crippen molar-refractivity contribution in [3.8, 4) is 5.75 Å². The molecular formula is C15H24O3. The molecule has 0 aliphatic heterocycles. The molecule has 0 radical (unpaired) electrons. The van der Waals surface area contributed by atoms with Crippen LogP contribution in [0.15, 0.2) is 9.21 Å². The van der Waals surface area contributed by atoms with Crippen LogP contribution >= 0.6 is 0 Å². The molecule has 1 aromatic heterocycles. The summed E-state index contributed by atoms with van der Waals surface area (Å²) in [5.74, 6) is 0.863. The molecule has 18 heavy (non-hydrogen) atoms. The first-order valence-corrected chi connectivity index (χ1v) is 7.02. The molecule has 0 aliphatic carbocycles. The van der Waals surface area contributed by atoms with Gasteiger partial charge in [0.15, 0.2) is 0 Å². The van der Waals surface area contributed by atoms with Gasteiger partial charge in [-0.3, -0.25) is 0 Å². The van der Waals surface area contributed by atoms with E-state index in [1.54, 1.807) is 0 Å². The van der Waals surface area contributed by atoms with Gasteiger partial charge in [-0.15, -0.1) is 0 Å². The average Bonchev–Trinajstić information content (AvgIpc) is 2.36. The van der Waals surface area contributed by atoms with Gasteiger partial charge in [0.05, 0.1) is 5.56 Å². The van der Waals surface area contributed by atoms with Crippen LogP contribution in [0.25, 0.3) is 0 Å². The van der Waals surface area contributed by atoms with Gasteiger partial charge in [0.25, 0.3) is 0 Å². The fourth-order valence-corrected chi connectivity index (χ4v) is 2.16. The first kappa shape index (κ1) is 14.8. The summed E-state index contributed by atoms with van der Waals surface area (Å²) in [5.41, 5.74) is 0.926. The summed E-state index contributed by atoms with van der Waals surface area (Å²) < 4.78 is 5.41. The van der Waals surface area contributed by atoms with Gasteiger partial charge in [-0.05, 0) is 19.3 Å². The van der Waals surface area contributed by atoms with Crippen LogP contribution in [0.5, 0.6) is 5.75 Å². The maximum absolute atomic E-state index is 11.8. The van der Waals surface area contributed by atoms with E-state index in [0.717, 1.165) is 44.1 Å². The molecule has 102 valence electrons. The maximum atomic E-state index is 11.8. The molecule has 1 aromatic rings. The van der Waals surface area contributed by atoms with Crippen molar-refractivity contribution in [3.63, 3.8) is 0 Å². The Morgan fingerprint density at radius 2 is 1.56 bits per heavy atom. The SMILES string of the molecule is CCCCc1oc(=O)c(CCC)c(O)c1CCC. The number of aromatic hydroxyl groups is 1. The van der Waals surface area contributed by atoms with Gasteiger partial charge < -0.3 is 9.52 Å². The zero-order valence-electron chi connectivity index (χ0n) is 11.7. The van der Waals surface area contributed by atoms with Gasteiger partial charge in [0.2, 0.25) is 0 Å². The van der Waals surface area contributed by atoms with E-state index in [9.17, 15) is 9.90 Å². The molecule has 0 amide bonds. The smallest absolute Gasteiger partial charge is 0.342 e. The van der Waals surface area contributed by atoms with Crippen LogP contribution < -0.4 is 5.63 Å². The summed E-state index contributed by atoms with van der Waals surface area (Å²) in [6, 6.07) is 0. The highest BCUT2D eigenvalue weighted by Gasteiger charge is 2.17. The van der Waals surface area contributed by atoms with Crippen molar-refractivity contribution in [3.05, 3.63) is 27.3 Å². The van der Waals surface area contributed by atoms with E-state index in [2.05, 4.69) is 13.8 Å². The van der Waals surface area contributed by atoms with Crippen molar-refractivity contribution >= 4 is 0 Å². The minimum Gasteiger partial charge on any atom is -0.507 e. The van der Waals surface area contributed by atoms with Crippen molar-refractivity contribution in [2.45, 2.75) is 65.7 Å². The van der Waals surface area contributed by atoms with Crippen molar-refractivity contribution < 1.29 is 9.52 Å². The van der Waals surface area contributed by atoms with Gasteiger partial charge in [0.1, 0.15) is 11.5 Å². The van der Waals surface area contributed by atoms with Gasteiger partial charge in [-0.1, -0.05) is 40.0 Å². The second kappa shape index (κ2) is 7.24. The second-order valence-electron chi connectivity index (χ2n) is 4.72. The number of rotatable bonds is 7. The fraction of sp³-hybridized carbons (Fsp3) is 0.667. The summed E-state index contributed by atoms with van der Waals surface area (Å²) in [6.45, 7) is 6.15. The minimum absolute atomic E-state index is 0.182. The highest BCUT2D eigenvalue weighted by molar-refractivity contribution is 5.40. The van der Waals surface area contributed by atoms with Crippen LogP contribution in [0.1, 0.15) is 63.3 Å². The van der Waals surface area contributed by atoms with Gasteiger partial charge in [-0.2, -0.15) is 0 Å². The minimum atomic E-state index is -0.361. The molecule has 3 heteroatoms. The zero-order valence-corrected chi connectivity index (χ0v) is 11.7. The summed E-state index contributed by atoms with van der Waals surface area (Å²) in [5, 5.41) is 10.3. The lowest BCUT2D eigenvalue weighted by atomic mass is 10.0. The Morgan fingerprint density at radius 1 is 0.944 bits per heavy atom. The van der Waals surface area contributed by atoms with E-state index in [0.29, 0.717) is 17.7 Å².